The van der Waals surface area contributed by atoms with Crippen LogP contribution in [0.15, 0.2) is 46.2 Å². The van der Waals surface area contributed by atoms with Gasteiger partial charge in [0.15, 0.2) is 5.76 Å². The molecule has 0 aliphatic rings. The van der Waals surface area contributed by atoms with E-state index in [1.807, 2.05) is 6.92 Å². The Hall–Kier alpha value is -2.16. The van der Waals surface area contributed by atoms with Crippen LogP contribution < -0.4 is 11.2 Å². The standard InChI is InChI=1S/C16H15Cl2N5O2S/c1-9(11-5-4-10(17)7-12(11)18)20-14(24)8-26-16-22-21-15(23(16)19)13-3-2-6-25-13/h2-7,9H,8,19H2,1H3,(H,20,24). The minimum absolute atomic E-state index is 0.128. The van der Waals surface area contributed by atoms with Crippen molar-refractivity contribution >= 4 is 40.9 Å². The van der Waals surface area contributed by atoms with E-state index in [9.17, 15) is 4.79 Å². The molecule has 3 aromatic rings. The molecule has 0 bridgehead atoms. The molecule has 10 heteroatoms. The molecule has 0 fully saturated rings. The molecular formula is C16H15Cl2N5O2S. The van der Waals surface area contributed by atoms with Gasteiger partial charge in [-0.3, -0.25) is 4.79 Å². The molecule has 1 aromatic carbocycles. The number of carbonyl (C=O) groups is 1. The van der Waals surface area contributed by atoms with Gasteiger partial charge in [0.2, 0.25) is 16.9 Å². The Balaban J connectivity index is 1.59. The summed E-state index contributed by atoms with van der Waals surface area (Å²) in [5.41, 5.74) is 0.788. The summed E-state index contributed by atoms with van der Waals surface area (Å²) in [5.74, 6) is 6.79. The first-order valence-electron chi connectivity index (χ1n) is 7.57. The maximum Gasteiger partial charge on any atom is 0.230 e. The van der Waals surface area contributed by atoms with Crippen molar-refractivity contribution in [1.29, 1.82) is 0 Å². The predicted octanol–water partition coefficient (Wildman–Crippen LogP) is 3.53. The van der Waals surface area contributed by atoms with Crippen molar-refractivity contribution in [3.63, 3.8) is 0 Å². The summed E-state index contributed by atoms with van der Waals surface area (Å²) in [6.45, 7) is 1.85. The van der Waals surface area contributed by atoms with E-state index in [4.69, 9.17) is 33.5 Å². The zero-order chi connectivity index (χ0) is 18.7. The van der Waals surface area contributed by atoms with E-state index in [2.05, 4.69) is 15.5 Å². The number of amides is 1. The van der Waals surface area contributed by atoms with Gasteiger partial charge >= 0.3 is 0 Å². The third-order valence-electron chi connectivity index (χ3n) is 3.54. The van der Waals surface area contributed by atoms with Crippen LogP contribution in [-0.2, 0) is 4.79 Å². The van der Waals surface area contributed by atoms with E-state index in [-0.39, 0.29) is 17.7 Å². The minimum Gasteiger partial charge on any atom is -0.461 e. The van der Waals surface area contributed by atoms with Crippen LogP contribution in [-0.4, -0.2) is 26.5 Å². The number of hydrogen-bond donors (Lipinski definition) is 2. The van der Waals surface area contributed by atoms with Gasteiger partial charge in [-0.25, -0.2) is 4.68 Å². The molecule has 7 nitrogen and oxygen atoms in total. The predicted molar refractivity (Wildman–Crippen MR) is 102 cm³/mol. The number of halogens is 2. The molecule has 26 heavy (non-hydrogen) atoms. The number of furan rings is 1. The minimum atomic E-state index is -0.262. The number of nitrogens with two attached hydrogens (primary N) is 1. The Bertz CT molecular complexity index is 914. The molecule has 3 N–H and O–H groups in total. The maximum atomic E-state index is 12.2. The van der Waals surface area contributed by atoms with Crippen molar-refractivity contribution in [2.24, 2.45) is 0 Å². The van der Waals surface area contributed by atoms with Crippen LogP contribution in [0, 0.1) is 0 Å². The molecule has 0 saturated heterocycles. The van der Waals surface area contributed by atoms with E-state index in [1.54, 1.807) is 30.3 Å². The second kappa shape index (κ2) is 8.03. The second-order valence-corrected chi connectivity index (χ2v) is 7.18. The molecule has 1 amide bonds. The highest BCUT2D eigenvalue weighted by molar-refractivity contribution is 7.99. The number of aromatic nitrogens is 3. The summed E-state index contributed by atoms with van der Waals surface area (Å²) in [6, 6.07) is 8.35. The number of nitrogens with zero attached hydrogens (tertiary/aromatic N) is 3. The fourth-order valence-corrected chi connectivity index (χ4v) is 3.53. The maximum absolute atomic E-state index is 12.2. The molecule has 0 radical (unpaired) electrons. The van der Waals surface area contributed by atoms with Crippen molar-refractivity contribution in [1.82, 2.24) is 20.2 Å². The van der Waals surface area contributed by atoms with Crippen LogP contribution in [0.5, 0.6) is 0 Å². The molecule has 2 aromatic heterocycles. The highest BCUT2D eigenvalue weighted by Gasteiger charge is 2.17. The van der Waals surface area contributed by atoms with Gasteiger partial charge in [0.25, 0.3) is 0 Å². The Kier molecular flexibility index (Phi) is 5.75. The summed E-state index contributed by atoms with van der Waals surface area (Å²) < 4.78 is 6.53. The van der Waals surface area contributed by atoms with Crippen LogP contribution in [0.1, 0.15) is 18.5 Å². The fraction of sp³-hybridized carbons (Fsp3) is 0.188. The van der Waals surface area contributed by atoms with Crippen LogP contribution in [0.25, 0.3) is 11.6 Å². The van der Waals surface area contributed by atoms with E-state index < -0.39 is 0 Å². The van der Waals surface area contributed by atoms with Crippen molar-refractivity contribution in [3.8, 4) is 11.6 Å². The Labute approximate surface area is 163 Å². The molecule has 1 unspecified atom stereocenters. The fourth-order valence-electron chi connectivity index (χ4n) is 2.29. The lowest BCUT2D eigenvalue weighted by atomic mass is 10.1. The summed E-state index contributed by atoms with van der Waals surface area (Å²) >= 11 is 13.2. The van der Waals surface area contributed by atoms with Gasteiger partial charge in [-0.15, -0.1) is 10.2 Å². The Morgan fingerprint density at radius 2 is 2.19 bits per heavy atom. The van der Waals surface area contributed by atoms with Gasteiger partial charge in [0.05, 0.1) is 18.1 Å². The Morgan fingerprint density at radius 1 is 1.38 bits per heavy atom. The lowest BCUT2D eigenvalue weighted by molar-refractivity contribution is -0.119. The summed E-state index contributed by atoms with van der Waals surface area (Å²) in [7, 11) is 0. The first-order valence-corrected chi connectivity index (χ1v) is 9.31. The topological polar surface area (TPSA) is 99.0 Å². The molecule has 3 rings (SSSR count). The van der Waals surface area contributed by atoms with Gasteiger partial charge in [0, 0.05) is 10.0 Å². The normalized spacial score (nSPS) is 12.1. The number of thioether (sulfide) groups is 1. The lowest BCUT2D eigenvalue weighted by Crippen LogP contribution is -2.28. The third-order valence-corrected chi connectivity index (χ3v) is 5.05. The van der Waals surface area contributed by atoms with Crippen LogP contribution >= 0.6 is 35.0 Å². The molecule has 0 aliphatic heterocycles. The van der Waals surface area contributed by atoms with Crippen molar-refractivity contribution in [2.45, 2.75) is 18.1 Å². The first kappa shape index (κ1) is 18.6. The molecular weight excluding hydrogens is 397 g/mol. The highest BCUT2D eigenvalue weighted by Crippen LogP contribution is 2.26. The summed E-state index contributed by atoms with van der Waals surface area (Å²) in [5, 5.41) is 12.3. The van der Waals surface area contributed by atoms with Crippen LogP contribution in [0.4, 0.5) is 0 Å². The molecule has 2 heterocycles. The molecule has 136 valence electrons. The van der Waals surface area contributed by atoms with Crippen molar-refractivity contribution < 1.29 is 9.21 Å². The number of carbonyl (C=O) groups excluding carboxylic acids is 1. The zero-order valence-corrected chi connectivity index (χ0v) is 16.0. The largest absolute Gasteiger partial charge is 0.461 e. The van der Waals surface area contributed by atoms with E-state index >= 15 is 0 Å². The SMILES string of the molecule is CC(NC(=O)CSc1nnc(-c2ccco2)n1N)c1ccc(Cl)cc1Cl. The molecule has 0 aliphatic carbocycles. The second-order valence-electron chi connectivity index (χ2n) is 5.40. The number of rotatable bonds is 6. The third kappa shape index (κ3) is 4.14. The van der Waals surface area contributed by atoms with Gasteiger partial charge in [-0.2, -0.15) is 0 Å². The number of nitrogen functional groups attached to an aromatic ring is 1. The zero-order valence-electron chi connectivity index (χ0n) is 13.6. The molecule has 1 atom stereocenters. The van der Waals surface area contributed by atoms with E-state index in [1.165, 1.54) is 22.7 Å². The van der Waals surface area contributed by atoms with E-state index in [0.29, 0.717) is 26.8 Å². The quantitative estimate of drug-likeness (QED) is 0.475. The van der Waals surface area contributed by atoms with Crippen molar-refractivity contribution in [2.75, 3.05) is 11.6 Å². The average Bonchev–Trinajstić information content (AvgIpc) is 3.22. The number of hydrogen-bond acceptors (Lipinski definition) is 6. The number of benzene rings is 1. The van der Waals surface area contributed by atoms with Gasteiger partial charge < -0.3 is 15.6 Å². The monoisotopic (exact) mass is 411 g/mol. The average molecular weight is 412 g/mol. The van der Waals surface area contributed by atoms with Crippen LogP contribution in [0.3, 0.4) is 0 Å². The summed E-state index contributed by atoms with van der Waals surface area (Å²) in [6.07, 6.45) is 1.52. The van der Waals surface area contributed by atoms with Gasteiger partial charge in [-0.05, 0) is 36.8 Å². The summed E-state index contributed by atoms with van der Waals surface area (Å²) in [4.78, 5) is 12.2. The molecule has 0 spiro atoms. The van der Waals surface area contributed by atoms with Gasteiger partial charge in [-0.1, -0.05) is 41.0 Å². The van der Waals surface area contributed by atoms with Crippen LogP contribution in [0.2, 0.25) is 10.0 Å². The first-order chi connectivity index (χ1) is 12.5. The number of nitrogens with one attached hydrogen (secondary N) is 1. The highest BCUT2D eigenvalue weighted by atomic mass is 35.5. The van der Waals surface area contributed by atoms with Crippen molar-refractivity contribution in [3.05, 3.63) is 52.2 Å². The van der Waals surface area contributed by atoms with Gasteiger partial charge in [0.1, 0.15) is 0 Å². The lowest BCUT2D eigenvalue weighted by Gasteiger charge is -2.15. The smallest absolute Gasteiger partial charge is 0.230 e. The van der Waals surface area contributed by atoms with E-state index in [0.717, 1.165) is 5.56 Å². The Morgan fingerprint density at radius 3 is 2.88 bits per heavy atom. The molecule has 0 saturated carbocycles.